The highest BCUT2D eigenvalue weighted by atomic mass is 32.1. The van der Waals surface area contributed by atoms with Crippen molar-refractivity contribution in [1.29, 1.82) is 0 Å². The van der Waals surface area contributed by atoms with Crippen molar-refractivity contribution in [2.75, 3.05) is 23.3 Å². The van der Waals surface area contributed by atoms with Crippen LogP contribution in [0.3, 0.4) is 0 Å². The second-order valence-electron chi connectivity index (χ2n) is 6.59. The van der Waals surface area contributed by atoms with Crippen LogP contribution in [0.25, 0.3) is 10.2 Å². The number of hydrogen-bond donors (Lipinski definition) is 1. The number of aryl methyl sites for hydroxylation is 2. The normalized spacial score (nSPS) is 14.9. The number of nitrogens with one attached hydrogen (secondary N) is 1. The number of anilines is 2. The number of thiophene rings is 1. The average Bonchev–Trinajstić information content (AvgIpc) is 3.18. The Morgan fingerprint density at radius 1 is 1.16 bits per heavy atom. The first-order valence-electron chi connectivity index (χ1n) is 8.71. The third-order valence-electron chi connectivity index (χ3n) is 4.77. The molecule has 3 aromatic rings. The minimum absolute atomic E-state index is 0.0636. The predicted octanol–water partition coefficient (Wildman–Crippen LogP) is 4.19. The lowest BCUT2D eigenvalue weighted by Gasteiger charge is -2.28. The monoisotopic (exact) mass is 354 g/mol. The number of rotatable bonds is 3. The van der Waals surface area contributed by atoms with Gasteiger partial charge in [-0.25, -0.2) is 0 Å². The lowest BCUT2D eigenvalue weighted by Crippen LogP contribution is -2.29. The van der Waals surface area contributed by atoms with Crippen LogP contribution >= 0.6 is 11.3 Å². The second-order valence-corrected chi connectivity index (χ2v) is 7.62. The quantitative estimate of drug-likeness (QED) is 0.767. The van der Waals surface area contributed by atoms with Crippen LogP contribution in [0.5, 0.6) is 0 Å². The molecular formula is C19H22N4OS. The fourth-order valence-corrected chi connectivity index (χ4v) is 4.44. The average molecular weight is 354 g/mol. The summed E-state index contributed by atoms with van der Waals surface area (Å²) >= 11 is 1.48. The zero-order valence-electron chi connectivity index (χ0n) is 14.6. The van der Waals surface area contributed by atoms with Crippen molar-refractivity contribution >= 4 is 38.8 Å². The van der Waals surface area contributed by atoms with Crippen molar-refractivity contribution < 1.29 is 4.79 Å². The summed E-state index contributed by atoms with van der Waals surface area (Å²) in [6, 6.07) is 10.1. The van der Waals surface area contributed by atoms with E-state index in [4.69, 9.17) is 0 Å². The molecule has 0 spiro atoms. The number of piperidine rings is 1. The molecule has 2 aromatic heterocycles. The fraction of sp³-hybridized carbons (Fsp3) is 0.368. The maximum atomic E-state index is 12.6. The van der Waals surface area contributed by atoms with Gasteiger partial charge in [-0.15, -0.1) is 11.3 Å². The maximum Gasteiger partial charge on any atom is 0.265 e. The number of fused-ring (bicyclic) bond motifs is 1. The molecule has 130 valence electrons. The molecule has 1 amide bonds. The van der Waals surface area contributed by atoms with Gasteiger partial charge < -0.3 is 10.2 Å². The van der Waals surface area contributed by atoms with Gasteiger partial charge in [-0.3, -0.25) is 9.48 Å². The van der Waals surface area contributed by atoms with E-state index in [1.165, 1.54) is 36.3 Å². The molecule has 6 heteroatoms. The van der Waals surface area contributed by atoms with Gasteiger partial charge in [-0.1, -0.05) is 0 Å². The Bertz CT molecular complexity index is 869. The van der Waals surface area contributed by atoms with Crippen molar-refractivity contribution in [3.63, 3.8) is 0 Å². The van der Waals surface area contributed by atoms with E-state index < -0.39 is 0 Å². The molecule has 1 N–H and O–H groups in total. The molecule has 1 fully saturated rings. The summed E-state index contributed by atoms with van der Waals surface area (Å²) in [4.78, 5) is 16.7. The summed E-state index contributed by atoms with van der Waals surface area (Å²) in [5.74, 6) is -0.0636. The molecule has 0 unspecified atom stereocenters. The van der Waals surface area contributed by atoms with Crippen LogP contribution in [0.1, 0.15) is 34.6 Å². The van der Waals surface area contributed by atoms with Gasteiger partial charge in [-0.05, 0) is 56.5 Å². The number of carbonyl (C=O) groups excluding carboxylic acids is 1. The molecule has 1 aliphatic heterocycles. The smallest absolute Gasteiger partial charge is 0.265 e. The summed E-state index contributed by atoms with van der Waals surface area (Å²) in [5.41, 5.74) is 3.03. The number of hydrogen-bond acceptors (Lipinski definition) is 4. The molecule has 1 saturated heterocycles. The highest BCUT2D eigenvalue weighted by Crippen LogP contribution is 2.28. The summed E-state index contributed by atoms with van der Waals surface area (Å²) in [6.07, 6.45) is 3.85. The van der Waals surface area contributed by atoms with E-state index in [1.54, 1.807) is 0 Å². The molecule has 0 radical (unpaired) electrons. The SMILES string of the molecule is Cc1nn(C)c2sc(C(=O)Nc3ccc(N4CCCCC4)cc3)cc12. The molecule has 0 aliphatic carbocycles. The number of amides is 1. The fourth-order valence-electron chi connectivity index (χ4n) is 3.42. The minimum Gasteiger partial charge on any atom is -0.372 e. The van der Waals surface area contributed by atoms with E-state index in [0.717, 1.165) is 34.7 Å². The lowest BCUT2D eigenvalue weighted by molar-refractivity contribution is 0.103. The molecule has 0 atom stereocenters. The zero-order chi connectivity index (χ0) is 17.4. The minimum atomic E-state index is -0.0636. The maximum absolute atomic E-state index is 12.6. The molecule has 5 nitrogen and oxygen atoms in total. The Hall–Kier alpha value is -2.34. The highest BCUT2D eigenvalue weighted by molar-refractivity contribution is 7.20. The first-order valence-corrected chi connectivity index (χ1v) is 9.53. The molecule has 0 saturated carbocycles. The van der Waals surface area contributed by atoms with Crippen LogP contribution in [0.15, 0.2) is 30.3 Å². The Morgan fingerprint density at radius 2 is 1.88 bits per heavy atom. The van der Waals surface area contributed by atoms with Gasteiger partial charge in [0.2, 0.25) is 0 Å². The zero-order valence-corrected chi connectivity index (χ0v) is 15.4. The van der Waals surface area contributed by atoms with Crippen LogP contribution in [0.4, 0.5) is 11.4 Å². The van der Waals surface area contributed by atoms with Crippen molar-refractivity contribution in [3.05, 3.63) is 40.9 Å². The van der Waals surface area contributed by atoms with Gasteiger partial charge in [0, 0.05) is 36.9 Å². The van der Waals surface area contributed by atoms with E-state index in [9.17, 15) is 4.79 Å². The highest BCUT2D eigenvalue weighted by Gasteiger charge is 2.16. The molecule has 1 aromatic carbocycles. The molecule has 0 bridgehead atoms. The van der Waals surface area contributed by atoms with Gasteiger partial charge in [0.25, 0.3) is 5.91 Å². The third kappa shape index (κ3) is 3.14. The largest absolute Gasteiger partial charge is 0.372 e. The van der Waals surface area contributed by atoms with Gasteiger partial charge in [0.05, 0.1) is 10.6 Å². The van der Waals surface area contributed by atoms with Gasteiger partial charge >= 0.3 is 0 Å². The van der Waals surface area contributed by atoms with Crippen molar-refractivity contribution in [3.8, 4) is 0 Å². The van der Waals surface area contributed by atoms with Crippen molar-refractivity contribution in [1.82, 2.24) is 9.78 Å². The van der Waals surface area contributed by atoms with Gasteiger partial charge in [-0.2, -0.15) is 5.10 Å². The summed E-state index contributed by atoms with van der Waals surface area (Å²) < 4.78 is 1.83. The molecule has 25 heavy (non-hydrogen) atoms. The summed E-state index contributed by atoms with van der Waals surface area (Å²) in [5, 5.41) is 8.43. The number of benzene rings is 1. The van der Waals surface area contributed by atoms with Crippen molar-refractivity contribution in [2.45, 2.75) is 26.2 Å². The van der Waals surface area contributed by atoms with E-state index in [2.05, 4.69) is 27.4 Å². The summed E-state index contributed by atoms with van der Waals surface area (Å²) in [7, 11) is 1.91. The molecule has 3 heterocycles. The van der Waals surface area contributed by atoms with Crippen LogP contribution in [0, 0.1) is 6.92 Å². The first-order chi connectivity index (χ1) is 12.1. The lowest BCUT2D eigenvalue weighted by atomic mass is 10.1. The third-order valence-corrected chi connectivity index (χ3v) is 5.97. The standard InChI is InChI=1S/C19H22N4OS/c1-13-16-12-17(25-19(16)22(2)21-13)18(24)20-14-6-8-15(9-7-14)23-10-4-3-5-11-23/h6-9,12H,3-5,10-11H2,1-2H3,(H,20,24). The Morgan fingerprint density at radius 3 is 2.56 bits per heavy atom. The second kappa shape index (κ2) is 6.52. The van der Waals surface area contributed by atoms with Crippen LogP contribution < -0.4 is 10.2 Å². The molecular weight excluding hydrogens is 332 g/mol. The Labute approximate surface area is 151 Å². The van der Waals surface area contributed by atoms with E-state index in [-0.39, 0.29) is 5.91 Å². The number of carbonyl (C=O) groups is 1. The molecule has 4 rings (SSSR count). The van der Waals surface area contributed by atoms with Crippen LogP contribution in [0.2, 0.25) is 0 Å². The van der Waals surface area contributed by atoms with Crippen LogP contribution in [-0.2, 0) is 7.05 Å². The van der Waals surface area contributed by atoms with E-state index in [1.807, 2.05) is 36.9 Å². The van der Waals surface area contributed by atoms with E-state index >= 15 is 0 Å². The topological polar surface area (TPSA) is 50.2 Å². The van der Waals surface area contributed by atoms with E-state index in [0.29, 0.717) is 4.88 Å². The van der Waals surface area contributed by atoms with Gasteiger partial charge in [0.15, 0.2) is 0 Å². The number of aromatic nitrogens is 2. The Kier molecular flexibility index (Phi) is 4.21. The predicted molar refractivity (Wildman–Crippen MR) is 104 cm³/mol. The number of nitrogens with zero attached hydrogens (tertiary/aromatic N) is 3. The van der Waals surface area contributed by atoms with Gasteiger partial charge in [0.1, 0.15) is 4.83 Å². The first kappa shape index (κ1) is 16.1. The summed E-state index contributed by atoms with van der Waals surface area (Å²) in [6.45, 7) is 4.22. The Balaban J connectivity index is 1.48. The van der Waals surface area contributed by atoms with Crippen LogP contribution in [-0.4, -0.2) is 28.8 Å². The molecule has 1 aliphatic rings. The van der Waals surface area contributed by atoms with Crippen molar-refractivity contribution in [2.24, 2.45) is 7.05 Å².